The molecule has 0 bridgehead atoms. The summed E-state index contributed by atoms with van der Waals surface area (Å²) in [5, 5.41) is 2.91. The van der Waals surface area contributed by atoms with Gasteiger partial charge in [0.1, 0.15) is 5.75 Å². The monoisotopic (exact) mass is 392 g/mol. The number of ether oxygens (including phenoxy) is 1. The molecule has 9 heteroatoms. The first-order valence-corrected chi connectivity index (χ1v) is 10.2. The van der Waals surface area contributed by atoms with Crippen molar-refractivity contribution in [3.8, 4) is 5.75 Å². The SMILES string of the molecule is COc1ccccc1CNC(=O)[C@H]1CCCN(S(=O)(=O)c2cn(C)cn2)C1. The molecule has 2 aromatic rings. The molecule has 1 aromatic heterocycles. The number of carbonyl (C=O) groups excluding carboxylic acids is 1. The lowest BCUT2D eigenvalue weighted by atomic mass is 9.98. The molecule has 146 valence electrons. The number of nitrogens with zero attached hydrogens (tertiary/aromatic N) is 3. The van der Waals surface area contributed by atoms with Crippen LogP contribution < -0.4 is 10.1 Å². The summed E-state index contributed by atoms with van der Waals surface area (Å²) < 4.78 is 33.7. The molecule has 2 heterocycles. The molecule has 27 heavy (non-hydrogen) atoms. The third kappa shape index (κ3) is 4.30. The summed E-state index contributed by atoms with van der Waals surface area (Å²) in [5.74, 6) is 0.176. The number of piperidine rings is 1. The standard InChI is InChI=1S/C18H24N4O4S/c1-21-12-17(20-13-21)27(24,25)22-9-5-7-15(11-22)18(23)19-10-14-6-3-4-8-16(14)26-2/h3-4,6,8,12-13,15H,5,7,9-11H2,1-2H3,(H,19,23)/t15-/m0/s1. The van der Waals surface area contributed by atoms with Gasteiger partial charge in [-0.1, -0.05) is 18.2 Å². The van der Waals surface area contributed by atoms with Crippen molar-refractivity contribution in [3.63, 3.8) is 0 Å². The van der Waals surface area contributed by atoms with Crippen LogP contribution in [0, 0.1) is 5.92 Å². The van der Waals surface area contributed by atoms with E-state index in [9.17, 15) is 13.2 Å². The van der Waals surface area contributed by atoms with Crippen molar-refractivity contribution < 1.29 is 17.9 Å². The minimum absolute atomic E-state index is 0.0140. The van der Waals surface area contributed by atoms with Gasteiger partial charge in [-0.05, 0) is 18.9 Å². The summed E-state index contributed by atoms with van der Waals surface area (Å²) in [6.45, 7) is 0.901. The van der Waals surface area contributed by atoms with Gasteiger partial charge < -0.3 is 14.6 Å². The van der Waals surface area contributed by atoms with Crippen molar-refractivity contribution in [2.24, 2.45) is 13.0 Å². The molecule has 0 saturated carbocycles. The normalized spacial score (nSPS) is 18.2. The number of sulfonamides is 1. The molecule has 1 N–H and O–H groups in total. The average Bonchev–Trinajstić information content (AvgIpc) is 3.13. The van der Waals surface area contributed by atoms with Crippen LogP contribution in [0.2, 0.25) is 0 Å². The lowest BCUT2D eigenvalue weighted by molar-refractivity contribution is -0.126. The Morgan fingerprint density at radius 1 is 1.37 bits per heavy atom. The number of nitrogens with one attached hydrogen (secondary N) is 1. The minimum atomic E-state index is -3.68. The highest BCUT2D eigenvalue weighted by atomic mass is 32.2. The van der Waals surface area contributed by atoms with Crippen molar-refractivity contribution in [3.05, 3.63) is 42.4 Å². The molecule has 1 aliphatic rings. The Bertz CT molecular complexity index is 910. The molecule has 0 unspecified atom stereocenters. The zero-order valence-electron chi connectivity index (χ0n) is 15.5. The van der Waals surface area contributed by atoms with E-state index < -0.39 is 10.0 Å². The Balaban J connectivity index is 1.64. The Hall–Kier alpha value is -2.39. The number of amides is 1. The van der Waals surface area contributed by atoms with Gasteiger partial charge >= 0.3 is 0 Å². The number of aromatic nitrogens is 2. The van der Waals surface area contributed by atoms with Crippen LogP contribution >= 0.6 is 0 Å². The first-order valence-electron chi connectivity index (χ1n) is 8.79. The zero-order chi connectivity index (χ0) is 19.4. The van der Waals surface area contributed by atoms with Gasteiger partial charge in [0.25, 0.3) is 10.0 Å². The second kappa shape index (κ2) is 8.10. The van der Waals surface area contributed by atoms with E-state index in [2.05, 4.69) is 10.3 Å². The highest BCUT2D eigenvalue weighted by molar-refractivity contribution is 7.89. The van der Waals surface area contributed by atoms with Gasteiger partial charge in [0, 0.05) is 38.4 Å². The Morgan fingerprint density at radius 2 is 2.15 bits per heavy atom. The maximum Gasteiger partial charge on any atom is 0.262 e. The fourth-order valence-corrected chi connectivity index (χ4v) is 4.69. The molecule has 1 atom stereocenters. The topological polar surface area (TPSA) is 93.5 Å². The van der Waals surface area contributed by atoms with Crippen molar-refractivity contribution in [2.45, 2.75) is 24.4 Å². The molecule has 1 aromatic carbocycles. The van der Waals surface area contributed by atoms with Gasteiger partial charge in [-0.25, -0.2) is 13.4 Å². The molecule has 3 rings (SSSR count). The highest BCUT2D eigenvalue weighted by Gasteiger charge is 2.34. The minimum Gasteiger partial charge on any atom is -0.496 e. The average molecular weight is 392 g/mol. The number of hydrogen-bond acceptors (Lipinski definition) is 5. The van der Waals surface area contributed by atoms with Crippen molar-refractivity contribution in [1.82, 2.24) is 19.2 Å². The van der Waals surface area contributed by atoms with Gasteiger partial charge in [0.05, 0.1) is 19.4 Å². The number of benzene rings is 1. The fraction of sp³-hybridized carbons (Fsp3) is 0.444. The lowest BCUT2D eigenvalue weighted by Crippen LogP contribution is -2.45. The molecule has 1 aliphatic heterocycles. The van der Waals surface area contributed by atoms with Gasteiger partial charge in [-0.3, -0.25) is 4.79 Å². The summed E-state index contributed by atoms with van der Waals surface area (Å²) >= 11 is 0. The second-order valence-corrected chi connectivity index (χ2v) is 8.49. The van der Waals surface area contributed by atoms with Gasteiger partial charge in [-0.15, -0.1) is 0 Å². The van der Waals surface area contributed by atoms with E-state index in [-0.39, 0.29) is 23.4 Å². The van der Waals surface area contributed by atoms with Crippen molar-refractivity contribution in [1.29, 1.82) is 0 Å². The largest absolute Gasteiger partial charge is 0.496 e. The predicted molar refractivity (Wildman–Crippen MR) is 99.5 cm³/mol. The predicted octanol–water partition coefficient (Wildman–Crippen LogP) is 1.15. The highest BCUT2D eigenvalue weighted by Crippen LogP contribution is 2.23. The van der Waals surface area contributed by atoms with E-state index in [0.29, 0.717) is 31.7 Å². The number of rotatable bonds is 6. The number of hydrogen-bond donors (Lipinski definition) is 1. The smallest absolute Gasteiger partial charge is 0.262 e. The summed E-state index contributed by atoms with van der Waals surface area (Å²) in [5.41, 5.74) is 0.877. The number of imidazole rings is 1. The summed E-state index contributed by atoms with van der Waals surface area (Å²) in [7, 11) is -0.380. The molecule has 1 amide bonds. The van der Waals surface area contributed by atoms with E-state index >= 15 is 0 Å². The van der Waals surface area contributed by atoms with Gasteiger partial charge in [0.15, 0.2) is 5.03 Å². The van der Waals surface area contributed by atoms with Crippen LogP contribution in [-0.2, 0) is 28.4 Å². The van der Waals surface area contributed by atoms with Crippen LogP contribution in [0.3, 0.4) is 0 Å². The van der Waals surface area contributed by atoms with Crippen LogP contribution in [0.4, 0.5) is 0 Å². The molecular formula is C18H24N4O4S. The molecule has 8 nitrogen and oxygen atoms in total. The molecule has 0 aliphatic carbocycles. The zero-order valence-corrected chi connectivity index (χ0v) is 16.3. The van der Waals surface area contributed by atoms with Crippen molar-refractivity contribution in [2.75, 3.05) is 20.2 Å². The Morgan fingerprint density at radius 3 is 2.85 bits per heavy atom. The number of carbonyl (C=O) groups is 1. The van der Waals surface area contributed by atoms with Gasteiger partial charge in [0.2, 0.25) is 5.91 Å². The molecule has 0 spiro atoms. The summed E-state index contributed by atoms with van der Waals surface area (Å²) in [6.07, 6.45) is 4.22. The van der Waals surface area contributed by atoms with Crippen LogP contribution in [0.15, 0.2) is 41.8 Å². The third-order valence-electron chi connectivity index (χ3n) is 4.69. The van der Waals surface area contributed by atoms with E-state index in [1.165, 1.54) is 16.8 Å². The van der Waals surface area contributed by atoms with Crippen molar-refractivity contribution >= 4 is 15.9 Å². The fourth-order valence-electron chi connectivity index (χ4n) is 3.20. The Kier molecular flexibility index (Phi) is 5.81. The van der Waals surface area contributed by atoms with Gasteiger partial charge in [-0.2, -0.15) is 4.31 Å². The number of methoxy groups -OCH3 is 1. The molecule has 1 fully saturated rings. The van der Waals surface area contributed by atoms with E-state index in [0.717, 1.165) is 5.56 Å². The van der Waals surface area contributed by atoms with E-state index in [1.54, 1.807) is 18.7 Å². The quantitative estimate of drug-likeness (QED) is 0.796. The number of para-hydroxylation sites is 1. The first kappa shape index (κ1) is 19.4. The Labute approximate surface area is 159 Å². The molecular weight excluding hydrogens is 368 g/mol. The van der Waals surface area contributed by atoms with Crippen LogP contribution in [0.1, 0.15) is 18.4 Å². The first-order chi connectivity index (χ1) is 12.9. The lowest BCUT2D eigenvalue weighted by Gasteiger charge is -2.30. The maximum atomic E-state index is 12.7. The molecule has 0 radical (unpaired) electrons. The van der Waals surface area contributed by atoms with Crippen LogP contribution in [0.5, 0.6) is 5.75 Å². The third-order valence-corrected chi connectivity index (χ3v) is 6.44. The second-order valence-electron chi connectivity index (χ2n) is 6.61. The van der Waals surface area contributed by atoms with E-state index in [1.807, 2.05) is 24.3 Å². The summed E-state index contributed by atoms with van der Waals surface area (Å²) in [4.78, 5) is 16.5. The molecule has 1 saturated heterocycles. The van der Waals surface area contributed by atoms with E-state index in [4.69, 9.17) is 4.74 Å². The maximum absolute atomic E-state index is 12.7. The van der Waals surface area contributed by atoms with Crippen LogP contribution in [0.25, 0.3) is 0 Å². The summed E-state index contributed by atoms with van der Waals surface area (Å²) in [6, 6.07) is 7.47. The van der Waals surface area contributed by atoms with Crippen LogP contribution in [-0.4, -0.2) is 48.4 Å². The number of aryl methyl sites for hydroxylation is 1.